The number of piperazine rings is 1. The molecular formula is C21H29N3O4. The summed E-state index contributed by atoms with van der Waals surface area (Å²) in [6.45, 7) is 5.35. The van der Waals surface area contributed by atoms with Crippen molar-refractivity contribution in [2.45, 2.75) is 6.54 Å². The van der Waals surface area contributed by atoms with Crippen molar-refractivity contribution >= 4 is 11.6 Å². The molecule has 0 spiro atoms. The second-order valence-electron chi connectivity index (χ2n) is 6.85. The van der Waals surface area contributed by atoms with E-state index in [-0.39, 0.29) is 5.91 Å². The first-order valence-corrected chi connectivity index (χ1v) is 9.60. The van der Waals surface area contributed by atoms with Gasteiger partial charge in [-0.05, 0) is 36.4 Å². The Balaban J connectivity index is 1.51. The zero-order valence-electron chi connectivity index (χ0n) is 16.7. The number of carbonyl (C=O) groups excluding carboxylic acids is 1. The second-order valence-corrected chi connectivity index (χ2v) is 6.85. The lowest BCUT2D eigenvalue weighted by Gasteiger charge is -2.37. The Kier molecular flexibility index (Phi) is 7.33. The van der Waals surface area contributed by atoms with Crippen LogP contribution in [-0.2, 0) is 16.1 Å². The molecule has 1 aromatic carbocycles. The van der Waals surface area contributed by atoms with E-state index in [9.17, 15) is 4.79 Å². The topological polar surface area (TPSA) is 58.4 Å². The maximum Gasteiger partial charge on any atom is 0.236 e. The molecule has 1 amide bonds. The molecule has 0 radical (unpaired) electrons. The van der Waals surface area contributed by atoms with Crippen molar-refractivity contribution in [3.63, 3.8) is 0 Å². The molecular weight excluding hydrogens is 358 g/mol. The van der Waals surface area contributed by atoms with Crippen molar-refractivity contribution in [3.8, 4) is 5.75 Å². The monoisotopic (exact) mass is 387 g/mol. The fourth-order valence-electron chi connectivity index (χ4n) is 3.36. The molecule has 0 N–H and O–H groups in total. The highest BCUT2D eigenvalue weighted by atomic mass is 16.5. The maximum absolute atomic E-state index is 12.8. The van der Waals surface area contributed by atoms with Gasteiger partial charge >= 0.3 is 0 Å². The van der Waals surface area contributed by atoms with Crippen molar-refractivity contribution in [1.29, 1.82) is 0 Å². The largest absolute Gasteiger partial charge is 0.497 e. The number of methoxy groups -OCH3 is 2. The van der Waals surface area contributed by atoms with Gasteiger partial charge in [0.2, 0.25) is 5.91 Å². The van der Waals surface area contributed by atoms with Gasteiger partial charge in [-0.1, -0.05) is 0 Å². The highest BCUT2D eigenvalue weighted by Crippen LogP contribution is 2.20. The molecule has 7 heteroatoms. The van der Waals surface area contributed by atoms with E-state index < -0.39 is 0 Å². The number of amides is 1. The predicted octanol–water partition coefficient (Wildman–Crippen LogP) is 2.09. The minimum Gasteiger partial charge on any atom is -0.497 e. The molecule has 1 aliphatic heterocycles. The van der Waals surface area contributed by atoms with Crippen LogP contribution in [0, 0.1) is 0 Å². The van der Waals surface area contributed by atoms with E-state index in [1.807, 2.05) is 29.2 Å². The molecule has 2 aromatic rings. The third kappa shape index (κ3) is 5.50. The van der Waals surface area contributed by atoms with Crippen molar-refractivity contribution < 1.29 is 18.7 Å². The van der Waals surface area contributed by atoms with Gasteiger partial charge in [0.25, 0.3) is 0 Å². The minimum absolute atomic E-state index is 0.150. The van der Waals surface area contributed by atoms with Gasteiger partial charge in [-0.2, -0.15) is 0 Å². The number of benzene rings is 1. The van der Waals surface area contributed by atoms with E-state index in [4.69, 9.17) is 13.9 Å². The summed E-state index contributed by atoms with van der Waals surface area (Å²) in [5, 5.41) is 0. The molecule has 1 saturated heterocycles. The normalized spacial score (nSPS) is 14.5. The summed E-state index contributed by atoms with van der Waals surface area (Å²) in [5.41, 5.74) is 1.16. The second kappa shape index (κ2) is 10.1. The maximum atomic E-state index is 12.8. The fourth-order valence-corrected chi connectivity index (χ4v) is 3.36. The fraction of sp³-hybridized carbons (Fsp3) is 0.476. The van der Waals surface area contributed by atoms with Gasteiger partial charge in [0.1, 0.15) is 11.5 Å². The zero-order chi connectivity index (χ0) is 19.8. The number of nitrogens with zero attached hydrogens (tertiary/aromatic N) is 3. The minimum atomic E-state index is 0.150. The molecule has 0 saturated carbocycles. The molecule has 0 unspecified atom stereocenters. The molecule has 3 rings (SSSR count). The van der Waals surface area contributed by atoms with Crippen LogP contribution in [0.2, 0.25) is 0 Å². The van der Waals surface area contributed by atoms with E-state index in [1.165, 1.54) is 0 Å². The van der Waals surface area contributed by atoms with Crippen molar-refractivity contribution in [2.75, 3.05) is 65.0 Å². The van der Waals surface area contributed by atoms with Gasteiger partial charge in [0.05, 0.1) is 33.1 Å². The number of anilines is 1. The van der Waals surface area contributed by atoms with E-state index >= 15 is 0 Å². The summed E-state index contributed by atoms with van der Waals surface area (Å²) < 4.78 is 15.8. The van der Waals surface area contributed by atoms with Crippen LogP contribution in [0.25, 0.3) is 0 Å². The molecule has 152 valence electrons. The lowest BCUT2D eigenvalue weighted by atomic mass is 10.2. The number of furan rings is 1. The highest BCUT2D eigenvalue weighted by molar-refractivity contribution is 5.78. The first-order valence-electron chi connectivity index (χ1n) is 9.60. The zero-order valence-corrected chi connectivity index (χ0v) is 16.7. The van der Waals surface area contributed by atoms with E-state index in [1.54, 1.807) is 20.5 Å². The van der Waals surface area contributed by atoms with E-state index in [0.717, 1.165) is 43.4 Å². The Hall–Kier alpha value is -2.51. The number of ether oxygens (including phenoxy) is 2. The molecule has 0 atom stereocenters. The summed E-state index contributed by atoms with van der Waals surface area (Å²) in [5.74, 6) is 1.86. The van der Waals surface area contributed by atoms with Gasteiger partial charge in [-0.25, -0.2) is 0 Å². The molecule has 2 heterocycles. The van der Waals surface area contributed by atoms with Crippen LogP contribution < -0.4 is 9.64 Å². The van der Waals surface area contributed by atoms with Crippen LogP contribution in [0.3, 0.4) is 0 Å². The third-order valence-electron chi connectivity index (χ3n) is 5.00. The summed E-state index contributed by atoms with van der Waals surface area (Å²) in [4.78, 5) is 19.1. The number of rotatable bonds is 9. The number of hydrogen-bond donors (Lipinski definition) is 0. The molecule has 28 heavy (non-hydrogen) atoms. The Morgan fingerprint density at radius 2 is 1.86 bits per heavy atom. The summed E-state index contributed by atoms with van der Waals surface area (Å²) in [6.07, 6.45) is 1.66. The summed E-state index contributed by atoms with van der Waals surface area (Å²) >= 11 is 0. The molecule has 1 aromatic heterocycles. The summed E-state index contributed by atoms with van der Waals surface area (Å²) in [6, 6.07) is 11.9. The Labute approximate surface area is 166 Å². The van der Waals surface area contributed by atoms with Gasteiger partial charge in [-0.3, -0.25) is 9.69 Å². The Morgan fingerprint density at radius 3 is 2.46 bits per heavy atom. The third-order valence-corrected chi connectivity index (χ3v) is 5.00. The van der Waals surface area contributed by atoms with Gasteiger partial charge in [0, 0.05) is 45.5 Å². The average Bonchev–Trinajstić information content (AvgIpc) is 3.25. The molecule has 0 bridgehead atoms. The van der Waals surface area contributed by atoms with Gasteiger partial charge < -0.3 is 23.7 Å². The first kappa shape index (κ1) is 20.2. The van der Waals surface area contributed by atoms with Crippen LogP contribution >= 0.6 is 0 Å². The Bertz CT molecular complexity index is 710. The SMILES string of the molecule is COCCN(CC(=O)N1CCN(c2ccc(OC)cc2)CC1)Cc1ccco1. The van der Waals surface area contributed by atoms with E-state index in [0.29, 0.717) is 26.2 Å². The van der Waals surface area contributed by atoms with Crippen LogP contribution in [0.4, 0.5) is 5.69 Å². The van der Waals surface area contributed by atoms with Gasteiger partial charge in [0.15, 0.2) is 0 Å². The Morgan fingerprint density at radius 1 is 1.11 bits per heavy atom. The predicted molar refractivity (Wildman–Crippen MR) is 108 cm³/mol. The quantitative estimate of drug-likeness (QED) is 0.657. The van der Waals surface area contributed by atoms with Crippen LogP contribution in [0.1, 0.15) is 5.76 Å². The number of carbonyl (C=O) groups is 1. The van der Waals surface area contributed by atoms with Crippen LogP contribution in [0.15, 0.2) is 47.1 Å². The van der Waals surface area contributed by atoms with Crippen molar-refractivity contribution in [2.24, 2.45) is 0 Å². The van der Waals surface area contributed by atoms with Crippen LogP contribution in [-0.4, -0.2) is 75.8 Å². The smallest absolute Gasteiger partial charge is 0.236 e. The van der Waals surface area contributed by atoms with Crippen LogP contribution in [0.5, 0.6) is 5.75 Å². The number of hydrogen-bond acceptors (Lipinski definition) is 6. The molecule has 0 aliphatic carbocycles. The van der Waals surface area contributed by atoms with E-state index in [2.05, 4.69) is 21.9 Å². The summed E-state index contributed by atoms with van der Waals surface area (Å²) in [7, 11) is 3.34. The molecule has 1 fully saturated rings. The molecule has 7 nitrogen and oxygen atoms in total. The lowest BCUT2D eigenvalue weighted by molar-refractivity contribution is -0.133. The highest BCUT2D eigenvalue weighted by Gasteiger charge is 2.23. The standard InChI is InChI=1S/C21H29N3O4/c1-26-15-13-22(16-20-4-3-14-28-20)17-21(25)24-11-9-23(10-12-24)18-5-7-19(27-2)8-6-18/h3-8,14H,9-13,15-17H2,1-2H3. The lowest BCUT2D eigenvalue weighted by Crippen LogP contribution is -2.51. The van der Waals surface area contributed by atoms with Gasteiger partial charge in [-0.15, -0.1) is 0 Å². The average molecular weight is 387 g/mol. The molecule has 1 aliphatic rings. The first-order chi connectivity index (χ1) is 13.7. The van der Waals surface area contributed by atoms with Crippen molar-refractivity contribution in [1.82, 2.24) is 9.80 Å². The van der Waals surface area contributed by atoms with Crippen molar-refractivity contribution in [3.05, 3.63) is 48.4 Å².